The maximum Gasteiger partial charge on any atom is 0.211 e. The highest BCUT2D eigenvalue weighted by Crippen LogP contribution is 2.21. The fourth-order valence-corrected chi connectivity index (χ4v) is 2.85. The van der Waals surface area contributed by atoms with E-state index in [4.69, 9.17) is 4.74 Å². The zero-order valence-electron chi connectivity index (χ0n) is 14.4. The standard InChI is InChI=1S/C22H16N2O3/c25-19(16-8-3-1-4-9-16)15-27-20-12-7-13-24-18(14-23-22(20)24)21(26)17-10-5-2-6-11-17/h1-14H,15H2. The van der Waals surface area contributed by atoms with Crippen molar-refractivity contribution in [3.63, 3.8) is 0 Å². The highest BCUT2D eigenvalue weighted by molar-refractivity contribution is 6.08. The summed E-state index contributed by atoms with van der Waals surface area (Å²) in [5.74, 6) is 0.208. The van der Waals surface area contributed by atoms with Gasteiger partial charge in [0.1, 0.15) is 5.69 Å². The smallest absolute Gasteiger partial charge is 0.211 e. The van der Waals surface area contributed by atoms with E-state index >= 15 is 0 Å². The molecule has 5 nitrogen and oxygen atoms in total. The number of pyridine rings is 1. The first-order chi connectivity index (χ1) is 13.2. The van der Waals surface area contributed by atoms with Crippen LogP contribution in [0.2, 0.25) is 0 Å². The minimum absolute atomic E-state index is 0.0987. The lowest BCUT2D eigenvalue weighted by Gasteiger charge is -2.08. The molecule has 4 rings (SSSR count). The average molecular weight is 356 g/mol. The molecule has 0 radical (unpaired) electrons. The van der Waals surface area contributed by atoms with Crippen molar-refractivity contribution in [2.24, 2.45) is 0 Å². The maximum atomic E-state index is 12.7. The van der Waals surface area contributed by atoms with Gasteiger partial charge in [0.05, 0.1) is 6.20 Å². The topological polar surface area (TPSA) is 60.7 Å². The number of fused-ring (bicyclic) bond motifs is 1. The molecule has 2 aromatic carbocycles. The quantitative estimate of drug-likeness (QED) is 0.493. The Kier molecular flexibility index (Phi) is 4.49. The van der Waals surface area contributed by atoms with Crippen LogP contribution in [-0.4, -0.2) is 27.6 Å². The lowest BCUT2D eigenvalue weighted by molar-refractivity contribution is 0.0921. The Balaban J connectivity index is 1.59. The first-order valence-electron chi connectivity index (χ1n) is 8.51. The van der Waals surface area contributed by atoms with E-state index < -0.39 is 0 Å². The second-order valence-corrected chi connectivity index (χ2v) is 5.98. The number of carbonyl (C=O) groups is 2. The second kappa shape index (κ2) is 7.25. The van der Waals surface area contributed by atoms with E-state index in [-0.39, 0.29) is 18.2 Å². The molecule has 0 amide bonds. The number of hydrogen-bond acceptors (Lipinski definition) is 4. The third kappa shape index (κ3) is 3.35. The fraction of sp³-hybridized carbons (Fsp3) is 0.0455. The number of benzene rings is 2. The van der Waals surface area contributed by atoms with Crippen molar-refractivity contribution in [1.29, 1.82) is 0 Å². The summed E-state index contributed by atoms with van der Waals surface area (Å²) < 4.78 is 7.37. The van der Waals surface area contributed by atoms with E-state index in [1.165, 1.54) is 6.20 Å². The summed E-state index contributed by atoms with van der Waals surface area (Å²) in [4.78, 5) is 29.3. The van der Waals surface area contributed by atoms with Gasteiger partial charge in [0.15, 0.2) is 23.8 Å². The Labute approximate surface area is 155 Å². The SMILES string of the molecule is O=C(COc1cccn2c(C(=O)c3ccccc3)cnc12)c1ccccc1. The van der Waals surface area contributed by atoms with Crippen molar-refractivity contribution in [3.8, 4) is 5.75 Å². The van der Waals surface area contributed by atoms with Gasteiger partial charge in [-0.05, 0) is 12.1 Å². The number of hydrogen-bond donors (Lipinski definition) is 0. The number of imidazole rings is 1. The first-order valence-corrected chi connectivity index (χ1v) is 8.51. The molecule has 0 unspecified atom stereocenters. The number of aromatic nitrogens is 2. The molecular weight excluding hydrogens is 340 g/mol. The lowest BCUT2D eigenvalue weighted by atomic mass is 10.1. The van der Waals surface area contributed by atoms with Gasteiger partial charge in [-0.2, -0.15) is 0 Å². The molecule has 0 saturated heterocycles. The van der Waals surface area contributed by atoms with Gasteiger partial charge < -0.3 is 4.74 Å². The molecule has 132 valence electrons. The van der Waals surface area contributed by atoms with Crippen molar-refractivity contribution in [2.75, 3.05) is 6.61 Å². The number of rotatable bonds is 6. The summed E-state index contributed by atoms with van der Waals surface area (Å²) in [6.45, 7) is -0.0987. The van der Waals surface area contributed by atoms with Crippen molar-refractivity contribution < 1.29 is 14.3 Å². The molecule has 0 aliphatic carbocycles. The molecule has 0 aliphatic rings. The average Bonchev–Trinajstić information content (AvgIpc) is 3.17. The predicted octanol–water partition coefficient (Wildman–Crippen LogP) is 3.83. The minimum Gasteiger partial charge on any atom is -0.482 e. The molecule has 2 heterocycles. The molecule has 0 N–H and O–H groups in total. The molecule has 4 aromatic rings. The van der Waals surface area contributed by atoms with Crippen LogP contribution in [-0.2, 0) is 0 Å². The predicted molar refractivity (Wildman–Crippen MR) is 101 cm³/mol. The molecular formula is C22H16N2O3. The van der Waals surface area contributed by atoms with Crippen LogP contribution in [0, 0.1) is 0 Å². The van der Waals surface area contributed by atoms with Gasteiger partial charge in [-0.25, -0.2) is 4.98 Å². The van der Waals surface area contributed by atoms with Gasteiger partial charge in [-0.15, -0.1) is 0 Å². The van der Waals surface area contributed by atoms with Crippen LogP contribution < -0.4 is 4.74 Å². The molecule has 5 heteroatoms. The molecule has 0 spiro atoms. The van der Waals surface area contributed by atoms with Gasteiger partial charge in [0.25, 0.3) is 0 Å². The third-order valence-electron chi connectivity index (χ3n) is 4.22. The number of Topliss-reactive ketones (excluding diaryl/α,β-unsaturated/α-hetero) is 1. The van der Waals surface area contributed by atoms with Gasteiger partial charge in [-0.3, -0.25) is 14.0 Å². The number of nitrogens with zero attached hydrogens (tertiary/aromatic N) is 2. The largest absolute Gasteiger partial charge is 0.482 e. The molecule has 0 fully saturated rings. The Hall–Kier alpha value is -3.73. The van der Waals surface area contributed by atoms with E-state index in [1.807, 2.05) is 36.4 Å². The third-order valence-corrected chi connectivity index (χ3v) is 4.22. The van der Waals surface area contributed by atoms with E-state index in [2.05, 4.69) is 4.98 Å². The summed E-state index contributed by atoms with van der Waals surface area (Å²) in [6.07, 6.45) is 3.28. The van der Waals surface area contributed by atoms with Crippen LogP contribution in [0.4, 0.5) is 0 Å². The van der Waals surface area contributed by atoms with Gasteiger partial charge in [0.2, 0.25) is 5.78 Å². The van der Waals surface area contributed by atoms with Crippen LogP contribution in [0.3, 0.4) is 0 Å². The van der Waals surface area contributed by atoms with Gasteiger partial charge in [0, 0.05) is 17.3 Å². The Morgan fingerprint density at radius 2 is 1.52 bits per heavy atom. The number of ether oxygens (including phenoxy) is 1. The highest BCUT2D eigenvalue weighted by Gasteiger charge is 2.16. The monoisotopic (exact) mass is 356 g/mol. The summed E-state index contributed by atoms with van der Waals surface area (Å²) in [7, 11) is 0. The van der Waals surface area contributed by atoms with E-state index in [9.17, 15) is 9.59 Å². The molecule has 0 atom stereocenters. The van der Waals surface area contributed by atoms with E-state index in [0.717, 1.165) is 0 Å². The van der Waals surface area contributed by atoms with Crippen molar-refractivity contribution in [2.45, 2.75) is 0 Å². The summed E-state index contributed by atoms with van der Waals surface area (Å²) >= 11 is 0. The van der Waals surface area contributed by atoms with Crippen molar-refractivity contribution >= 4 is 17.2 Å². The van der Waals surface area contributed by atoms with Gasteiger partial charge >= 0.3 is 0 Å². The molecule has 0 aliphatic heterocycles. The van der Waals surface area contributed by atoms with Crippen LogP contribution >= 0.6 is 0 Å². The van der Waals surface area contributed by atoms with Crippen molar-refractivity contribution in [1.82, 2.24) is 9.38 Å². The van der Waals surface area contributed by atoms with Crippen LogP contribution in [0.15, 0.2) is 85.2 Å². The van der Waals surface area contributed by atoms with Crippen molar-refractivity contribution in [3.05, 3.63) is 102 Å². The lowest BCUT2D eigenvalue weighted by Crippen LogP contribution is -2.12. The zero-order chi connectivity index (χ0) is 18.6. The zero-order valence-corrected chi connectivity index (χ0v) is 14.4. The second-order valence-electron chi connectivity index (χ2n) is 5.98. The highest BCUT2D eigenvalue weighted by atomic mass is 16.5. The minimum atomic E-state index is -0.124. The summed E-state index contributed by atoms with van der Waals surface area (Å²) in [5, 5.41) is 0. The summed E-state index contributed by atoms with van der Waals surface area (Å²) in [6, 6.07) is 21.5. The molecule has 2 aromatic heterocycles. The number of carbonyl (C=O) groups excluding carboxylic acids is 2. The van der Waals surface area contributed by atoms with Crippen LogP contribution in [0.25, 0.3) is 5.65 Å². The Bertz CT molecular complexity index is 1100. The van der Waals surface area contributed by atoms with Crippen LogP contribution in [0.1, 0.15) is 26.4 Å². The van der Waals surface area contributed by atoms with Crippen LogP contribution in [0.5, 0.6) is 5.75 Å². The number of ketones is 2. The first kappa shape index (κ1) is 16.7. The normalized spacial score (nSPS) is 10.7. The molecule has 27 heavy (non-hydrogen) atoms. The Morgan fingerprint density at radius 1 is 0.852 bits per heavy atom. The van der Waals surface area contributed by atoms with Gasteiger partial charge in [-0.1, -0.05) is 60.7 Å². The summed E-state index contributed by atoms with van der Waals surface area (Å²) in [5.41, 5.74) is 2.12. The maximum absolute atomic E-state index is 12.7. The molecule has 0 saturated carbocycles. The fourth-order valence-electron chi connectivity index (χ4n) is 2.85. The molecule has 0 bridgehead atoms. The Morgan fingerprint density at radius 3 is 2.22 bits per heavy atom. The van der Waals surface area contributed by atoms with E-state index in [0.29, 0.717) is 28.2 Å². The van der Waals surface area contributed by atoms with E-state index in [1.54, 1.807) is 47.0 Å².